The summed E-state index contributed by atoms with van der Waals surface area (Å²) in [5, 5.41) is 21.8. The molecule has 0 saturated heterocycles. The van der Waals surface area contributed by atoms with Crippen molar-refractivity contribution in [1.82, 2.24) is 39.6 Å². The molecule has 33 heavy (non-hydrogen) atoms. The summed E-state index contributed by atoms with van der Waals surface area (Å²) in [5.41, 5.74) is 5.55. The van der Waals surface area contributed by atoms with Gasteiger partial charge in [0, 0.05) is 11.1 Å². The molecule has 5 heterocycles. The van der Waals surface area contributed by atoms with E-state index in [1.807, 2.05) is 89.4 Å². The summed E-state index contributed by atoms with van der Waals surface area (Å²) in [4.78, 5) is 4.67. The summed E-state index contributed by atoms with van der Waals surface area (Å²) in [5.74, 6) is 1.42. The Morgan fingerprint density at radius 2 is 1.24 bits per heavy atom. The van der Waals surface area contributed by atoms with E-state index in [-0.39, 0.29) is 0 Å². The number of aromatic nitrogens is 8. The van der Waals surface area contributed by atoms with Crippen molar-refractivity contribution < 1.29 is 4.42 Å². The maximum atomic E-state index is 5.89. The van der Waals surface area contributed by atoms with Crippen LogP contribution >= 0.6 is 0 Å². The Labute approximate surface area is 186 Å². The molecule has 0 spiro atoms. The largest absolute Gasteiger partial charge is 0.414 e. The zero-order valence-electron chi connectivity index (χ0n) is 17.1. The number of fused-ring (bicyclic) bond motifs is 5. The van der Waals surface area contributed by atoms with Crippen LogP contribution in [0.4, 0.5) is 0 Å². The first-order valence-electron chi connectivity index (χ1n) is 10.3. The molecule has 0 N–H and O–H groups in total. The Balaban J connectivity index is 1.37. The fourth-order valence-corrected chi connectivity index (χ4v) is 3.94. The third-order valence-electron chi connectivity index (χ3n) is 5.53. The SMILES string of the molecule is c1ccc(-c2nc3ccc4c(ccc5c(-c6nnc(-c7ccccc7)o6)nnn54)n3n2)cc1. The van der Waals surface area contributed by atoms with Gasteiger partial charge in [0.25, 0.3) is 5.89 Å². The highest BCUT2D eigenvalue weighted by atomic mass is 16.4. The molecule has 0 amide bonds. The van der Waals surface area contributed by atoms with Gasteiger partial charge in [0.05, 0.1) is 11.0 Å². The molecule has 7 rings (SSSR count). The van der Waals surface area contributed by atoms with Crippen LogP contribution in [0.25, 0.3) is 56.6 Å². The maximum Gasteiger partial charge on any atom is 0.270 e. The molecule has 0 unspecified atom stereocenters. The van der Waals surface area contributed by atoms with Crippen LogP contribution in [-0.4, -0.2) is 39.6 Å². The predicted octanol–water partition coefficient (Wildman–Crippen LogP) is 4.31. The van der Waals surface area contributed by atoms with Crippen LogP contribution in [0, 0.1) is 0 Å². The fourth-order valence-electron chi connectivity index (χ4n) is 3.94. The second-order valence-electron chi connectivity index (χ2n) is 7.52. The molecule has 0 fully saturated rings. The van der Waals surface area contributed by atoms with E-state index < -0.39 is 0 Å². The molecule has 0 aliphatic carbocycles. The van der Waals surface area contributed by atoms with Gasteiger partial charge in [-0.15, -0.1) is 20.4 Å². The lowest BCUT2D eigenvalue weighted by atomic mass is 10.2. The van der Waals surface area contributed by atoms with Gasteiger partial charge in [0.1, 0.15) is 5.52 Å². The first-order valence-corrected chi connectivity index (χ1v) is 10.3. The van der Waals surface area contributed by atoms with Crippen molar-refractivity contribution in [2.45, 2.75) is 0 Å². The highest BCUT2D eigenvalue weighted by Crippen LogP contribution is 2.28. The summed E-state index contributed by atoms with van der Waals surface area (Å²) in [6, 6.07) is 27.3. The molecule has 0 bridgehead atoms. The summed E-state index contributed by atoms with van der Waals surface area (Å²) in [6.07, 6.45) is 0. The lowest BCUT2D eigenvalue weighted by Gasteiger charge is -2.02. The van der Waals surface area contributed by atoms with Crippen molar-refractivity contribution in [3.63, 3.8) is 0 Å². The van der Waals surface area contributed by atoms with Crippen LogP contribution in [0.5, 0.6) is 0 Å². The van der Waals surface area contributed by atoms with Gasteiger partial charge in [0.15, 0.2) is 17.2 Å². The Morgan fingerprint density at radius 1 is 0.576 bits per heavy atom. The smallest absolute Gasteiger partial charge is 0.270 e. The average Bonchev–Trinajstić information content (AvgIpc) is 3.62. The Bertz CT molecular complexity index is 1770. The molecule has 9 heteroatoms. The summed E-state index contributed by atoms with van der Waals surface area (Å²) < 4.78 is 9.46. The van der Waals surface area contributed by atoms with Crippen molar-refractivity contribution in [2.24, 2.45) is 0 Å². The number of nitrogens with zero attached hydrogens (tertiary/aromatic N) is 8. The van der Waals surface area contributed by atoms with Crippen molar-refractivity contribution in [3.05, 3.63) is 84.9 Å². The van der Waals surface area contributed by atoms with E-state index in [9.17, 15) is 0 Å². The standard InChI is InChI=1S/C24H14N8O/c1-3-7-15(8-4-1)22-25-20-14-13-17-18(32(20)29-22)11-12-19-21(26-30-31(17)19)24-28-27-23(33-24)16-9-5-2-6-10-16/h1-14H. The summed E-state index contributed by atoms with van der Waals surface area (Å²) in [6.45, 7) is 0. The van der Waals surface area contributed by atoms with Crippen molar-refractivity contribution in [3.8, 4) is 34.4 Å². The maximum absolute atomic E-state index is 5.89. The number of rotatable bonds is 3. The number of benzene rings is 2. The highest BCUT2D eigenvalue weighted by Gasteiger charge is 2.19. The zero-order chi connectivity index (χ0) is 21.8. The highest BCUT2D eigenvalue weighted by molar-refractivity contribution is 5.85. The van der Waals surface area contributed by atoms with E-state index in [0.29, 0.717) is 23.3 Å². The van der Waals surface area contributed by atoms with E-state index in [0.717, 1.165) is 33.3 Å². The fraction of sp³-hybridized carbons (Fsp3) is 0. The molecule has 0 saturated carbocycles. The molecule has 0 aliphatic rings. The molecule has 0 radical (unpaired) electrons. The Morgan fingerprint density at radius 3 is 2.06 bits per heavy atom. The van der Waals surface area contributed by atoms with Crippen LogP contribution in [0.3, 0.4) is 0 Å². The topological polar surface area (TPSA) is 99.3 Å². The van der Waals surface area contributed by atoms with Crippen molar-refractivity contribution in [1.29, 1.82) is 0 Å². The van der Waals surface area contributed by atoms with Crippen LogP contribution in [-0.2, 0) is 0 Å². The van der Waals surface area contributed by atoms with E-state index in [1.165, 1.54) is 0 Å². The molecule has 0 aliphatic heterocycles. The average molecular weight is 430 g/mol. The van der Waals surface area contributed by atoms with E-state index in [1.54, 1.807) is 4.52 Å². The first-order chi connectivity index (χ1) is 16.3. The van der Waals surface area contributed by atoms with Crippen LogP contribution in [0.2, 0.25) is 0 Å². The monoisotopic (exact) mass is 430 g/mol. The lowest BCUT2D eigenvalue weighted by molar-refractivity contribution is 0.582. The van der Waals surface area contributed by atoms with Crippen molar-refractivity contribution >= 4 is 22.2 Å². The van der Waals surface area contributed by atoms with Crippen LogP contribution in [0.1, 0.15) is 0 Å². The quantitative estimate of drug-likeness (QED) is 0.412. The molecule has 2 aromatic carbocycles. The Kier molecular flexibility index (Phi) is 3.65. The first kappa shape index (κ1) is 17.7. The zero-order valence-corrected chi connectivity index (χ0v) is 17.1. The molecule has 156 valence electrons. The summed E-state index contributed by atoms with van der Waals surface area (Å²) >= 11 is 0. The number of hydrogen-bond donors (Lipinski definition) is 0. The molecular weight excluding hydrogens is 416 g/mol. The second kappa shape index (κ2) is 6.79. The van der Waals surface area contributed by atoms with Crippen LogP contribution in [0.15, 0.2) is 89.3 Å². The van der Waals surface area contributed by atoms with Gasteiger partial charge in [-0.1, -0.05) is 53.7 Å². The normalized spacial score (nSPS) is 11.6. The second-order valence-corrected chi connectivity index (χ2v) is 7.52. The lowest BCUT2D eigenvalue weighted by Crippen LogP contribution is -1.96. The van der Waals surface area contributed by atoms with Gasteiger partial charge in [0.2, 0.25) is 5.89 Å². The third-order valence-corrected chi connectivity index (χ3v) is 5.53. The number of pyridine rings is 2. The van der Waals surface area contributed by atoms with Gasteiger partial charge >= 0.3 is 0 Å². The molecule has 9 nitrogen and oxygen atoms in total. The van der Waals surface area contributed by atoms with Gasteiger partial charge in [-0.2, -0.15) is 0 Å². The molecule has 7 aromatic rings. The molecular formula is C24H14N8O. The Hall–Kier alpha value is -4.92. The minimum atomic E-state index is 0.316. The van der Waals surface area contributed by atoms with Gasteiger partial charge in [-0.3, -0.25) is 0 Å². The van der Waals surface area contributed by atoms with E-state index >= 15 is 0 Å². The van der Waals surface area contributed by atoms with Gasteiger partial charge in [-0.05, 0) is 36.4 Å². The van der Waals surface area contributed by atoms with E-state index in [4.69, 9.17) is 9.52 Å². The van der Waals surface area contributed by atoms with Gasteiger partial charge in [-0.25, -0.2) is 14.0 Å². The minimum Gasteiger partial charge on any atom is -0.414 e. The molecule has 0 atom stereocenters. The van der Waals surface area contributed by atoms with Gasteiger partial charge < -0.3 is 4.42 Å². The van der Waals surface area contributed by atoms with E-state index in [2.05, 4.69) is 25.5 Å². The minimum absolute atomic E-state index is 0.316. The van der Waals surface area contributed by atoms with Crippen LogP contribution < -0.4 is 0 Å². The molecule has 5 aromatic heterocycles. The van der Waals surface area contributed by atoms with Crippen molar-refractivity contribution in [2.75, 3.05) is 0 Å². The third kappa shape index (κ3) is 2.72. The summed E-state index contributed by atoms with van der Waals surface area (Å²) in [7, 11) is 0. The predicted molar refractivity (Wildman–Crippen MR) is 121 cm³/mol. The number of hydrogen-bond acceptors (Lipinski definition) is 7.